The molecule has 0 unspecified atom stereocenters. The molecule has 0 heterocycles. The van der Waals surface area contributed by atoms with Gasteiger partial charge in [0.2, 0.25) is 0 Å². The van der Waals surface area contributed by atoms with E-state index in [2.05, 4.69) is 30.9 Å². The van der Waals surface area contributed by atoms with E-state index < -0.39 is 0 Å². The molecule has 0 aromatic rings. The van der Waals surface area contributed by atoms with Crippen LogP contribution in [0.25, 0.3) is 0 Å². The number of hydrogen-bond donors (Lipinski definition) is 1. The van der Waals surface area contributed by atoms with Crippen LogP contribution in [0.2, 0.25) is 0 Å². The van der Waals surface area contributed by atoms with Crippen LogP contribution >= 0.6 is 0 Å². The van der Waals surface area contributed by atoms with Crippen molar-refractivity contribution in [2.75, 3.05) is 40.8 Å². The molecule has 0 radical (unpaired) electrons. The van der Waals surface area contributed by atoms with Gasteiger partial charge < -0.3 is 15.5 Å². The fourth-order valence-corrected chi connectivity index (χ4v) is 2.79. The number of hydrogen-bond acceptors (Lipinski definition) is 3. The minimum atomic E-state index is 0.478. The van der Waals surface area contributed by atoms with Crippen molar-refractivity contribution in [1.29, 1.82) is 0 Å². The highest BCUT2D eigenvalue weighted by Gasteiger charge is 2.39. The van der Waals surface area contributed by atoms with Gasteiger partial charge in [0.25, 0.3) is 0 Å². The highest BCUT2D eigenvalue weighted by Crippen LogP contribution is 2.36. The monoisotopic (exact) mass is 241 g/mol. The van der Waals surface area contributed by atoms with Crippen LogP contribution in [0, 0.1) is 0 Å². The second-order valence-electron chi connectivity index (χ2n) is 5.91. The molecule has 0 atom stereocenters. The summed E-state index contributed by atoms with van der Waals surface area (Å²) in [6.45, 7) is 3.32. The average molecular weight is 241 g/mol. The third-order valence-corrected chi connectivity index (χ3v) is 4.29. The first-order valence-electron chi connectivity index (χ1n) is 7.17. The topological polar surface area (TPSA) is 32.5 Å². The van der Waals surface area contributed by atoms with E-state index in [1.54, 1.807) is 0 Å². The Morgan fingerprint density at radius 1 is 1.00 bits per heavy atom. The fourth-order valence-electron chi connectivity index (χ4n) is 2.79. The van der Waals surface area contributed by atoms with Crippen LogP contribution in [0.5, 0.6) is 0 Å². The lowest BCUT2D eigenvalue weighted by molar-refractivity contribution is 0.0275. The number of unbranched alkanes of at least 4 members (excludes halogenated alkanes) is 3. The van der Waals surface area contributed by atoms with Gasteiger partial charge in [-0.05, 0) is 66.3 Å². The molecule has 3 nitrogen and oxygen atoms in total. The Labute approximate surface area is 107 Å². The largest absolute Gasteiger partial charge is 0.330 e. The summed E-state index contributed by atoms with van der Waals surface area (Å²) in [6.07, 6.45) is 9.28. The molecule has 1 rings (SSSR count). The number of rotatable bonds is 9. The molecule has 0 aliphatic heterocycles. The first-order valence-corrected chi connectivity index (χ1v) is 7.17. The van der Waals surface area contributed by atoms with Crippen LogP contribution in [0.15, 0.2) is 0 Å². The zero-order valence-corrected chi connectivity index (χ0v) is 12.0. The lowest BCUT2D eigenvalue weighted by Gasteiger charge is -2.49. The molecule has 0 amide bonds. The molecule has 1 aliphatic rings. The predicted octanol–water partition coefficient (Wildman–Crippen LogP) is 1.92. The van der Waals surface area contributed by atoms with E-state index in [4.69, 9.17) is 5.73 Å². The van der Waals surface area contributed by atoms with Gasteiger partial charge >= 0.3 is 0 Å². The van der Waals surface area contributed by atoms with E-state index in [1.807, 2.05) is 0 Å². The Kier molecular flexibility index (Phi) is 6.45. The van der Waals surface area contributed by atoms with Gasteiger partial charge in [0.15, 0.2) is 0 Å². The second kappa shape index (κ2) is 7.34. The molecule has 2 N–H and O–H groups in total. The van der Waals surface area contributed by atoms with Crippen LogP contribution in [-0.2, 0) is 0 Å². The molecule has 3 heteroatoms. The van der Waals surface area contributed by atoms with Gasteiger partial charge in [-0.25, -0.2) is 0 Å². The lowest BCUT2D eigenvalue weighted by Crippen LogP contribution is -2.56. The second-order valence-corrected chi connectivity index (χ2v) is 5.91. The van der Waals surface area contributed by atoms with E-state index in [1.165, 1.54) is 58.0 Å². The molecule has 0 saturated heterocycles. The highest BCUT2D eigenvalue weighted by atomic mass is 15.2. The van der Waals surface area contributed by atoms with Crippen LogP contribution in [0.3, 0.4) is 0 Å². The van der Waals surface area contributed by atoms with Crippen molar-refractivity contribution in [1.82, 2.24) is 9.80 Å². The zero-order chi connectivity index (χ0) is 12.7. The summed E-state index contributed by atoms with van der Waals surface area (Å²) in [4.78, 5) is 4.95. The van der Waals surface area contributed by atoms with E-state index in [0.29, 0.717) is 5.54 Å². The summed E-state index contributed by atoms with van der Waals surface area (Å²) < 4.78 is 0. The first-order chi connectivity index (χ1) is 8.10. The Morgan fingerprint density at radius 3 is 2.12 bits per heavy atom. The normalized spacial score (nSPS) is 18.7. The Balaban J connectivity index is 2.13. The van der Waals surface area contributed by atoms with Crippen molar-refractivity contribution in [2.45, 2.75) is 50.5 Å². The Morgan fingerprint density at radius 2 is 1.65 bits per heavy atom. The van der Waals surface area contributed by atoms with Crippen LogP contribution in [0.1, 0.15) is 44.9 Å². The zero-order valence-electron chi connectivity index (χ0n) is 12.0. The molecule has 0 spiro atoms. The third kappa shape index (κ3) is 4.57. The van der Waals surface area contributed by atoms with Crippen LogP contribution in [0.4, 0.5) is 0 Å². The summed E-state index contributed by atoms with van der Waals surface area (Å²) >= 11 is 0. The SMILES string of the molecule is CN(CCCCCCN)CC1(N(C)C)CCC1. The molecular weight excluding hydrogens is 210 g/mol. The molecule has 1 saturated carbocycles. The Bertz CT molecular complexity index is 200. The van der Waals surface area contributed by atoms with Crippen LogP contribution in [-0.4, -0.2) is 56.1 Å². The number of nitrogens with two attached hydrogens (primary N) is 1. The minimum Gasteiger partial charge on any atom is -0.330 e. The fraction of sp³-hybridized carbons (Fsp3) is 1.00. The molecule has 0 bridgehead atoms. The lowest BCUT2D eigenvalue weighted by atomic mass is 9.75. The van der Waals surface area contributed by atoms with E-state index >= 15 is 0 Å². The van der Waals surface area contributed by atoms with E-state index in [9.17, 15) is 0 Å². The van der Waals surface area contributed by atoms with Gasteiger partial charge in [0.1, 0.15) is 0 Å². The average Bonchev–Trinajstić information content (AvgIpc) is 2.22. The predicted molar refractivity (Wildman–Crippen MR) is 75.3 cm³/mol. The van der Waals surface area contributed by atoms with Crippen molar-refractivity contribution in [3.05, 3.63) is 0 Å². The van der Waals surface area contributed by atoms with E-state index in [-0.39, 0.29) is 0 Å². The third-order valence-electron chi connectivity index (χ3n) is 4.29. The van der Waals surface area contributed by atoms with Crippen molar-refractivity contribution < 1.29 is 0 Å². The highest BCUT2D eigenvalue weighted by molar-refractivity contribution is 4.97. The molecule has 0 aromatic carbocycles. The van der Waals surface area contributed by atoms with Gasteiger partial charge in [0, 0.05) is 12.1 Å². The van der Waals surface area contributed by atoms with Gasteiger partial charge in [-0.15, -0.1) is 0 Å². The summed E-state index contributed by atoms with van der Waals surface area (Å²) in [7, 11) is 6.73. The first kappa shape index (κ1) is 14.9. The van der Waals surface area contributed by atoms with Gasteiger partial charge in [0.05, 0.1) is 0 Å². The van der Waals surface area contributed by atoms with Gasteiger partial charge in [-0.3, -0.25) is 0 Å². The quantitative estimate of drug-likeness (QED) is 0.626. The van der Waals surface area contributed by atoms with Gasteiger partial charge in [-0.1, -0.05) is 12.8 Å². The summed E-state index contributed by atoms with van der Waals surface area (Å²) in [5.74, 6) is 0. The molecule has 0 aromatic heterocycles. The van der Waals surface area contributed by atoms with E-state index in [0.717, 1.165) is 6.54 Å². The molecular formula is C14H31N3. The summed E-state index contributed by atoms with van der Waals surface area (Å²) in [6, 6.07) is 0. The maximum Gasteiger partial charge on any atom is 0.0330 e. The standard InChI is InChI=1S/C14H31N3/c1-16(2)14(9-8-10-14)13-17(3)12-7-5-4-6-11-15/h4-13,15H2,1-3H3. The molecule has 1 fully saturated rings. The Hall–Kier alpha value is -0.120. The van der Waals surface area contributed by atoms with Crippen molar-refractivity contribution in [3.8, 4) is 0 Å². The molecule has 17 heavy (non-hydrogen) atoms. The maximum atomic E-state index is 5.50. The van der Waals surface area contributed by atoms with Crippen LogP contribution < -0.4 is 5.73 Å². The van der Waals surface area contributed by atoms with Crippen molar-refractivity contribution in [3.63, 3.8) is 0 Å². The smallest absolute Gasteiger partial charge is 0.0330 e. The summed E-state index contributed by atoms with van der Waals surface area (Å²) in [5.41, 5.74) is 5.97. The maximum absolute atomic E-state index is 5.50. The van der Waals surface area contributed by atoms with Gasteiger partial charge in [-0.2, -0.15) is 0 Å². The minimum absolute atomic E-state index is 0.478. The number of likely N-dealkylation sites (N-methyl/N-ethyl adjacent to an activating group) is 2. The molecule has 1 aliphatic carbocycles. The molecule has 102 valence electrons. The van der Waals surface area contributed by atoms with Crippen molar-refractivity contribution >= 4 is 0 Å². The van der Waals surface area contributed by atoms with Crippen molar-refractivity contribution in [2.24, 2.45) is 5.73 Å². The number of nitrogens with zero attached hydrogens (tertiary/aromatic N) is 2. The summed E-state index contributed by atoms with van der Waals surface area (Å²) in [5, 5.41) is 0.